The van der Waals surface area contributed by atoms with Gasteiger partial charge in [0.1, 0.15) is 0 Å². The number of rotatable bonds is 2. The van der Waals surface area contributed by atoms with Gasteiger partial charge in [0, 0.05) is 31.7 Å². The predicted octanol–water partition coefficient (Wildman–Crippen LogP) is 2.91. The molecule has 0 saturated carbocycles. The zero-order valence-electron chi connectivity index (χ0n) is 11.9. The first-order chi connectivity index (χ1) is 8.08. The van der Waals surface area contributed by atoms with Crippen LogP contribution in [0.25, 0.3) is 0 Å². The lowest BCUT2D eigenvalue weighted by Gasteiger charge is -2.37. The van der Waals surface area contributed by atoms with Gasteiger partial charge >= 0.3 is 0 Å². The fraction of sp³-hybridized carbons (Fsp3) is 0.600. The van der Waals surface area contributed by atoms with Crippen LogP contribution in [0.1, 0.15) is 30.5 Å². The van der Waals surface area contributed by atoms with Crippen LogP contribution in [0.2, 0.25) is 0 Å². The first-order valence-corrected chi connectivity index (χ1v) is 6.60. The topological polar surface area (TPSA) is 15.3 Å². The molecule has 1 aliphatic heterocycles. The number of hydrogen-bond acceptors (Lipinski definition) is 2. The number of piperazine rings is 1. The van der Waals surface area contributed by atoms with Crippen LogP contribution < -0.4 is 5.32 Å². The average molecular weight is 269 g/mol. The highest BCUT2D eigenvalue weighted by atomic mass is 35.5. The minimum absolute atomic E-state index is 0. The first-order valence-electron chi connectivity index (χ1n) is 6.60. The molecule has 102 valence electrons. The van der Waals surface area contributed by atoms with Gasteiger partial charge < -0.3 is 5.32 Å². The molecule has 1 N–H and O–H groups in total. The van der Waals surface area contributed by atoms with Crippen molar-refractivity contribution in [3.8, 4) is 0 Å². The van der Waals surface area contributed by atoms with Gasteiger partial charge in [0.05, 0.1) is 0 Å². The third-order valence-corrected chi connectivity index (χ3v) is 3.98. The van der Waals surface area contributed by atoms with E-state index in [1.807, 2.05) is 0 Å². The number of aryl methyl sites for hydroxylation is 1. The summed E-state index contributed by atoms with van der Waals surface area (Å²) in [5, 5.41) is 3.53. The van der Waals surface area contributed by atoms with E-state index >= 15 is 0 Å². The third-order valence-electron chi connectivity index (χ3n) is 3.98. The molecule has 0 aromatic heterocycles. The molecule has 1 aliphatic rings. The van der Waals surface area contributed by atoms with E-state index < -0.39 is 0 Å². The summed E-state index contributed by atoms with van der Waals surface area (Å²) in [5.74, 6) is 0. The summed E-state index contributed by atoms with van der Waals surface area (Å²) < 4.78 is 0. The van der Waals surface area contributed by atoms with Crippen molar-refractivity contribution in [1.29, 1.82) is 0 Å². The average Bonchev–Trinajstić information content (AvgIpc) is 2.30. The molecule has 2 unspecified atom stereocenters. The minimum atomic E-state index is 0. The van der Waals surface area contributed by atoms with Gasteiger partial charge in [-0.25, -0.2) is 0 Å². The molecule has 0 bridgehead atoms. The summed E-state index contributed by atoms with van der Waals surface area (Å²) >= 11 is 0. The van der Waals surface area contributed by atoms with E-state index in [1.54, 1.807) is 0 Å². The molecule has 0 amide bonds. The quantitative estimate of drug-likeness (QED) is 0.887. The van der Waals surface area contributed by atoms with Crippen LogP contribution in [0.15, 0.2) is 18.2 Å². The van der Waals surface area contributed by atoms with Gasteiger partial charge in [0.25, 0.3) is 0 Å². The van der Waals surface area contributed by atoms with Crippen molar-refractivity contribution in [3.63, 3.8) is 0 Å². The Balaban J connectivity index is 0.00000162. The molecule has 1 aromatic carbocycles. The molecule has 2 nitrogen and oxygen atoms in total. The summed E-state index contributed by atoms with van der Waals surface area (Å²) in [6.07, 6.45) is 0. The molecular formula is C15H25ClN2. The van der Waals surface area contributed by atoms with Gasteiger partial charge in [-0.15, -0.1) is 12.4 Å². The van der Waals surface area contributed by atoms with Crippen molar-refractivity contribution in [3.05, 3.63) is 34.9 Å². The number of hydrogen-bond donors (Lipinski definition) is 1. The molecule has 0 aliphatic carbocycles. The standard InChI is InChI=1S/C15H24N2.ClH/c1-11-6-5-7-15(14(11)4)10-17-9-12(2)16-8-13(17)3;/h5-7,12-13,16H,8-10H2,1-4H3;1H. The summed E-state index contributed by atoms with van der Waals surface area (Å²) in [6.45, 7) is 12.3. The highest BCUT2D eigenvalue weighted by molar-refractivity contribution is 5.85. The van der Waals surface area contributed by atoms with E-state index in [2.05, 4.69) is 56.1 Å². The molecular weight excluding hydrogens is 244 g/mol. The monoisotopic (exact) mass is 268 g/mol. The summed E-state index contributed by atoms with van der Waals surface area (Å²) in [5.41, 5.74) is 4.33. The fourth-order valence-electron chi connectivity index (χ4n) is 2.52. The van der Waals surface area contributed by atoms with Crippen LogP contribution in [-0.4, -0.2) is 30.1 Å². The van der Waals surface area contributed by atoms with Crippen LogP contribution in [0.4, 0.5) is 0 Å². The maximum atomic E-state index is 3.53. The molecule has 2 atom stereocenters. The van der Waals surface area contributed by atoms with E-state index in [0.29, 0.717) is 12.1 Å². The Kier molecular flexibility index (Phi) is 5.64. The second-order valence-electron chi connectivity index (χ2n) is 5.45. The zero-order chi connectivity index (χ0) is 12.4. The maximum Gasteiger partial charge on any atom is 0.0240 e. The third kappa shape index (κ3) is 3.47. The first kappa shape index (κ1) is 15.5. The van der Waals surface area contributed by atoms with E-state index in [4.69, 9.17) is 0 Å². The van der Waals surface area contributed by atoms with Crippen molar-refractivity contribution in [2.24, 2.45) is 0 Å². The highest BCUT2D eigenvalue weighted by Crippen LogP contribution is 2.17. The lowest BCUT2D eigenvalue weighted by Crippen LogP contribution is -2.53. The minimum Gasteiger partial charge on any atom is -0.311 e. The van der Waals surface area contributed by atoms with Crippen LogP contribution in [0.5, 0.6) is 0 Å². The number of benzene rings is 1. The molecule has 0 radical (unpaired) electrons. The van der Waals surface area contributed by atoms with Gasteiger partial charge in [0.15, 0.2) is 0 Å². The van der Waals surface area contributed by atoms with Crippen molar-refractivity contribution in [2.45, 2.75) is 46.3 Å². The highest BCUT2D eigenvalue weighted by Gasteiger charge is 2.22. The zero-order valence-corrected chi connectivity index (χ0v) is 12.7. The fourth-order valence-corrected chi connectivity index (χ4v) is 2.52. The molecule has 3 heteroatoms. The van der Waals surface area contributed by atoms with E-state index in [-0.39, 0.29) is 12.4 Å². The predicted molar refractivity (Wildman–Crippen MR) is 80.5 cm³/mol. The Hall–Kier alpha value is -0.570. The van der Waals surface area contributed by atoms with Crippen LogP contribution in [0, 0.1) is 13.8 Å². The maximum absolute atomic E-state index is 3.53. The number of nitrogens with zero attached hydrogens (tertiary/aromatic N) is 1. The molecule has 0 spiro atoms. The van der Waals surface area contributed by atoms with Gasteiger partial charge in [-0.2, -0.15) is 0 Å². The Morgan fingerprint density at radius 1 is 1.28 bits per heavy atom. The molecule has 1 saturated heterocycles. The summed E-state index contributed by atoms with van der Waals surface area (Å²) in [6, 6.07) is 7.88. The molecule has 1 heterocycles. The molecule has 1 fully saturated rings. The number of halogens is 1. The van der Waals surface area contributed by atoms with Crippen molar-refractivity contribution in [2.75, 3.05) is 13.1 Å². The van der Waals surface area contributed by atoms with Crippen molar-refractivity contribution < 1.29 is 0 Å². The number of nitrogens with one attached hydrogen (secondary N) is 1. The van der Waals surface area contributed by atoms with Crippen LogP contribution in [-0.2, 0) is 6.54 Å². The second kappa shape index (κ2) is 6.55. The van der Waals surface area contributed by atoms with Crippen LogP contribution in [0.3, 0.4) is 0 Å². The Bertz CT molecular complexity index is 392. The van der Waals surface area contributed by atoms with Crippen molar-refractivity contribution >= 4 is 12.4 Å². The van der Waals surface area contributed by atoms with E-state index in [1.165, 1.54) is 16.7 Å². The van der Waals surface area contributed by atoms with E-state index in [9.17, 15) is 0 Å². The van der Waals surface area contributed by atoms with Gasteiger partial charge in [-0.3, -0.25) is 4.90 Å². The molecule has 1 aromatic rings. The summed E-state index contributed by atoms with van der Waals surface area (Å²) in [7, 11) is 0. The van der Waals surface area contributed by atoms with Gasteiger partial charge in [-0.1, -0.05) is 18.2 Å². The molecule has 2 rings (SSSR count). The van der Waals surface area contributed by atoms with Crippen molar-refractivity contribution in [1.82, 2.24) is 10.2 Å². The SMILES string of the molecule is Cc1cccc(CN2CC(C)NCC2C)c1C.Cl. The lowest BCUT2D eigenvalue weighted by molar-refractivity contribution is 0.138. The Labute approximate surface area is 117 Å². The van der Waals surface area contributed by atoms with Gasteiger partial charge in [0.2, 0.25) is 0 Å². The van der Waals surface area contributed by atoms with E-state index in [0.717, 1.165) is 19.6 Å². The van der Waals surface area contributed by atoms with Crippen LogP contribution >= 0.6 is 12.4 Å². The Morgan fingerprint density at radius 3 is 2.72 bits per heavy atom. The molecule has 18 heavy (non-hydrogen) atoms. The van der Waals surface area contributed by atoms with Gasteiger partial charge in [-0.05, 0) is 44.4 Å². The normalized spacial score (nSPS) is 24.7. The lowest BCUT2D eigenvalue weighted by atomic mass is 10.0. The summed E-state index contributed by atoms with van der Waals surface area (Å²) in [4.78, 5) is 2.59. The Morgan fingerprint density at radius 2 is 2.00 bits per heavy atom. The second-order valence-corrected chi connectivity index (χ2v) is 5.45. The smallest absolute Gasteiger partial charge is 0.0240 e. The largest absolute Gasteiger partial charge is 0.311 e.